The van der Waals surface area contributed by atoms with Gasteiger partial charge < -0.3 is 5.43 Å². The van der Waals surface area contributed by atoms with E-state index in [1.165, 1.54) is 0 Å². The zero-order valence-corrected chi connectivity index (χ0v) is 6.95. The van der Waals surface area contributed by atoms with Gasteiger partial charge in [0.05, 0.1) is 0 Å². The molecule has 0 aromatic carbocycles. The molecule has 0 radical (unpaired) electrons. The molecule has 0 rings (SSSR count). The molecule has 0 aromatic heterocycles. The Morgan fingerprint density at radius 1 is 1.33 bits per heavy atom. The number of hydrogen-bond acceptors (Lipinski definition) is 2. The van der Waals surface area contributed by atoms with E-state index in [1.807, 2.05) is 14.0 Å². The maximum atomic E-state index is 4.06. The second-order valence-corrected chi connectivity index (χ2v) is 3.17. The van der Waals surface area contributed by atoms with Gasteiger partial charge in [0, 0.05) is 18.2 Å². The smallest absolute Gasteiger partial charge is 0.0400 e. The first-order chi connectivity index (χ1) is 3.98. The van der Waals surface area contributed by atoms with Gasteiger partial charge in [0.15, 0.2) is 0 Å². The number of hydrogen-bond donors (Lipinski definition) is 1. The normalized spacial score (nSPS) is 13.7. The van der Waals surface area contributed by atoms with E-state index in [1.54, 1.807) is 0 Å². The molecule has 0 atom stereocenters. The third kappa shape index (κ3) is 3.12. The van der Waals surface area contributed by atoms with Gasteiger partial charge in [-0.2, -0.15) is 5.10 Å². The Bertz CT molecular complexity index is 109. The Morgan fingerprint density at radius 3 is 1.89 bits per heavy atom. The monoisotopic (exact) mass is 128 g/mol. The molecule has 0 unspecified atom stereocenters. The van der Waals surface area contributed by atoms with E-state index >= 15 is 0 Å². The van der Waals surface area contributed by atoms with Crippen molar-refractivity contribution < 1.29 is 0 Å². The van der Waals surface area contributed by atoms with Gasteiger partial charge in [-0.15, -0.1) is 0 Å². The van der Waals surface area contributed by atoms with Gasteiger partial charge in [-0.1, -0.05) is 20.8 Å². The molecular weight excluding hydrogens is 112 g/mol. The minimum atomic E-state index is 0.197. The number of rotatable bonds is 1. The summed E-state index contributed by atoms with van der Waals surface area (Å²) in [6.45, 7) is 8.45. The largest absolute Gasteiger partial charge is 0.313 e. The molecular formula is C7H16N2. The summed E-state index contributed by atoms with van der Waals surface area (Å²) < 4.78 is 0. The molecule has 9 heavy (non-hydrogen) atoms. The predicted octanol–water partition coefficient (Wildman–Crippen LogP) is 1.63. The lowest BCUT2D eigenvalue weighted by Crippen LogP contribution is -2.19. The van der Waals surface area contributed by atoms with Crippen molar-refractivity contribution >= 4 is 5.71 Å². The van der Waals surface area contributed by atoms with Crippen LogP contribution >= 0.6 is 0 Å². The standard InChI is InChI=1S/C7H16N2/c1-6(9-8-5)7(2,3)4/h8H,1-5H3. The molecule has 0 saturated heterocycles. The Morgan fingerprint density at radius 2 is 1.78 bits per heavy atom. The van der Waals surface area contributed by atoms with Crippen molar-refractivity contribution in [1.29, 1.82) is 0 Å². The molecule has 0 aromatic rings. The lowest BCUT2D eigenvalue weighted by molar-refractivity contribution is 0.580. The minimum Gasteiger partial charge on any atom is -0.313 e. The second-order valence-electron chi connectivity index (χ2n) is 3.17. The van der Waals surface area contributed by atoms with Crippen LogP contribution in [0.15, 0.2) is 5.10 Å². The fraction of sp³-hybridized carbons (Fsp3) is 0.857. The van der Waals surface area contributed by atoms with E-state index in [9.17, 15) is 0 Å². The van der Waals surface area contributed by atoms with E-state index in [2.05, 4.69) is 31.3 Å². The first-order valence-corrected chi connectivity index (χ1v) is 3.20. The molecule has 0 aliphatic rings. The molecule has 0 aliphatic heterocycles. The Hall–Kier alpha value is -0.530. The molecule has 54 valence electrons. The summed E-state index contributed by atoms with van der Waals surface area (Å²) in [4.78, 5) is 0. The van der Waals surface area contributed by atoms with E-state index in [0.717, 1.165) is 5.71 Å². The zero-order valence-electron chi connectivity index (χ0n) is 6.95. The third-order valence-electron chi connectivity index (χ3n) is 1.36. The van der Waals surface area contributed by atoms with Gasteiger partial charge >= 0.3 is 0 Å². The average Bonchev–Trinajstić information content (AvgIpc) is 1.64. The zero-order chi connectivity index (χ0) is 7.49. The van der Waals surface area contributed by atoms with Gasteiger partial charge in [-0.25, -0.2) is 0 Å². The molecule has 0 amide bonds. The molecule has 2 heteroatoms. The van der Waals surface area contributed by atoms with E-state index in [-0.39, 0.29) is 5.41 Å². The Balaban J connectivity index is 4.03. The highest BCUT2D eigenvalue weighted by molar-refractivity contribution is 5.86. The molecule has 0 spiro atoms. The molecule has 0 aliphatic carbocycles. The van der Waals surface area contributed by atoms with Crippen molar-refractivity contribution in [3.05, 3.63) is 0 Å². The second kappa shape index (κ2) is 2.85. The van der Waals surface area contributed by atoms with Crippen molar-refractivity contribution in [2.24, 2.45) is 10.5 Å². The first-order valence-electron chi connectivity index (χ1n) is 3.20. The van der Waals surface area contributed by atoms with Gasteiger partial charge in [0.1, 0.15) is 0 Å². The van der Waals surface area contributed by atoms with Crippen LogP contribution < -0.4 is 5.43 Å². The van der Waals surface area contributed by atoms with Crippen LogP contribution in [0.4, 0.5) is 0 Å². The van der Waals surface area contributed by atoms with E-state index in [0.29, 0.717) is 0 Å². The van der Waals surface area contributed by atoms with Crippen LogP contribution in [0.5, 0.6) is 0 Å². The number of nitrogens with zero attached hydrogens (tertiary/aromatic N) is 1. The summed E-state index contributed by atoms with van der Waals surface area (Å²) in [5.74, 6) is 0. The molecule has 0 fully saturated rings. The van der Waals surface area contributed by atoms with Crippen LogP contribution in [0.25, 0.3) is 0 Å². The fourth-order valence-corrected chi connectivity index (χ4v) is 0.335. The highest BCUT2D eigenvalue weighted by atomic mass is 15.3. The molecule has 1 N–H and O–H groups in total. The third-order valence-corrected chi connectivity index (χ3v) is 1.36. The van der Waals surface area contributed by atoms with Crippen molar-refractivity contribution in [3.8, 4) is 0 Å². The topological polar surface area (TPSA) is 24.4 Å². The van der Waals surface area contributed by atoms with Gasteiger partial charge in [0.2, 0.25) is 0 Å². The average molecular weight is 128 g/mol. The van der Waals surface area contributed by atoms with Crippen molar-refractivity contribution in [2.45, 2.75) is 27.7 Å². The summed E-state index contributed by atoms with van der Waals surface area (Å²) in [5, 5.41) is 4.06. The van der Waals surface area contributed by atoms with E-state index in [4.69, 9.17) is 0 Å². The summed E-state index contributed by atoms with van der Waals surface area (Å²) in [6, 6.07) is 0. The van der Waals surface area contributed by atoms with Crippen molar-refractivity contribution in [1.82, 2.24) is 5.43 Å². The summed E-state index contributed by atoms with van der Waals surface area (Å²) in [7, 11) is 1.81. The Labute approximate surface area is 57.3 Å². The molecule has 0 heterocycles. The lowest BCUT2D eigenvalue weighted by atomic mass is 9.91. The molecule has 0 saturated carbocycles. The quantitative estimate of drug-likeness (QED) is 0.421. The van der Waals surface area contributed by atoms with Crippen LogP contribution in [0.2, 0.25) is 0 Å². The highest BCUT2D eigenvalue weighted by Gasteiger charge is 2.13. The van der Waals surface area contributed by atoms with Crippen LogP contribution in [-0.4, -0.2) is 12.8 Å². The molecule has 0 bridgehead atoms. The van der Waals surface area contributed by atoms with Gasteiger partial charge in [-0.3, -0.25) is 0 Å². The minimum absolute atomic E-state index is 0.197. The summed E-state index contributed by atoms with van der Waals surface area (Å²) in [5.41, 5.74) is 4.09. The number of nitrogens with one attached hydrogen (secondary N) is 1. The predicted molar refractivity (Wildman–Crippen MR) is 41.6 cm³/mol. The maximum Gasteiger partial charge on any atom is 0.0400 e. The van der Waals surface area contributed by atoms with E-state index < -0.39 is 0 Å². The van der Waals surface area contributed by atoms with Crippen molar-refractivity contribution in [3.63, 3.8) is 0 Å². The lowest BCUT2D eigenvalue weighted by Gasteiger charge is -2.16. The van der Waals surface area contributed by atoms with Crippen LogP contribution in [-0.2, 0) is 0 Å². The van der Waals surface area contributed by atoms with Gasteiger partial charge in [0.25, 0.3) is 0 Å². The van der Waals surface area contributed by atoms with Crippen LogP contribution in [0.3, 0.4) is 0 Å². The first kappa shape index (κ1) is 8.47. The highest BCUT2D eigenvalue weighted by Crippen LogP contribution is 2.14. The number of hydrazone groups is 1. The summed E-state index contributed by atoms with van der Waals surface area (Å²) >= 11 is 0. The maximum absolute atomic E-state index is 4.06. The van der Waals surface area contributed by atoms with Gasteiger partial charge in [-0.05, 0) is 6.92 Å². The molecule has 2 nitrogen and oxygen atoms in total. The van der Waals surface area contributed by atoms with Crippen LogP contribution in [0, 0.1) is 5.41 Å². The van der Waals surface area contributed by atoms with Crippen LogP contribution in [0.1, 0.15) is 27.7 Å². The van der Waals surface area contributed by atoms with Crippen molar-refractivity contribution in [2.75, 3.05) is 7.05 Å². The SMILES string of the molecule is CNN=C(C)C(C)(C)C. The summed E-state index contributed by atoms with van der Waals surface area (Å²) in [6.07, 6.45) is 0. The Kier molecular flexibility index (Phi) is 2.68. The fourth-order valence-electron chi connectivity index (χ4n) is 0.335.